The molecule has 1 aromatic rings. The molecule has 27 heavy (non-hydrogen) atoms. The Labute approximate surface area is 153 Å². The van der Waals surface area contributed by atoms with Crippen LogP contribution in [0.25, 0.3) is 0 Å². The van der Waals surface area contributed by atoms with Crippen molar-refractivity contribution in [3.63, 3.8) is 0 Å². The molecule has 1 amide bonds. The summed E-state index contributed by atoms with van der Waals surface area (Å²) < 4.78 is 55.6. The normalized spacial score (nSPS) is 12.1. The van der Waals surface area contributed by atoms with Crippen molar-refractivity contribution in [2.24, 2.45) is 0 Å². The Hall–Kier alpha value is -2.43. The number of hydrogen-bond acceptors (Lipinski definition) is 4. The summed E-state index contributed by atoms with van der Waals surface area (Å²) in [6, 6.07) is 0.0374. The third kappa shape index (κ3) is 9.73. The maximum absolute atomic E-state index is 13.1. The minimum Gasteiger partial charge on any atom is -0.465 e. The molecule has 0 aliphatic rings. The molecule has 1 aromatic carbocycles. The van der Waals surface area contributed by atoms with Gasteiger partial charge in [0.1, 0.15) is 11.5 Å². The van der Waals surface area contributed by atoms with Crippen LogP contribution in [0.2, 0.25) is 0 Å². The highest BCUT2D eigenvalue weighted by molar-refractivity contribution is 5.86. The summed E-state index contributed by atoms with van der Waals surface area (Å²) in [5, 5.41) is 20.2. The van der Waals surface area contributed by atoms with Gasteiger partial charge in [0.2, 0.25) is 0 Å². The predicted octanol–water partition coefficient (Wildman–Crippen LogP) is 5.44. The number of nitrogens with zero attached hydrogens (tertiary/aromatic N) is 1. The van der Waals surface area contributed by atoms with E-state index < -0.39 is 39.9 Å². The van der Waals surface area contributed by atoms with Crippen molar-refractivity contribution in [1.29, 1.82) is 0 Å². The van der Waals surface area contributed by atoms with E-state index in [2.05, 4.69) is 41.5 Å². The molecule has 0 unspecified atom stereocenters. The average Bonchev–Trinajstić information content (AvgIpc) is 2.31. The van der Waals surface area contributed by atoms with E-state index in [0.29, 0.717) is 0 Å². The van der Waals surface area contributed by atoms with Gasteiger partial charge < -0.3 is 9.84 Å². The predicted molar refractivity (Wildman–Crippen MR) is 90.3 cm³/mol. The Kier molecular flexibility index (Phi) is 7.74. The number of hydrogen-bond donors (Lipinski definition) is 2. The largest absolute Gasteiger partial charge is 0.465 e. The Morgan fingerprint density at radius 3 is 1.81 bits per heavy atom. The van der Waals surface area contributed by atoms with Crippen LogP contribution in [0, 0.1) is 15.9 Å². The maximum Gasteiger partial charge on any atom is 0.419 e. The lowest BCUT2D eigenvalue weighted by Crippen LogP contribution is -2.31. The molecule has 1 rings (SSSR count). The second-order valence-electron chi connectivity index (χ2n) is 7.36. The van der Waals surface area contributed by atoms with Gasteiger partial charge in [-0.3, -0.25) is 15.4 Å². The summed E-state index contributed by atoms with van der Waals surface area (Å²) in [5.41, 5.74) is -3.94. The molecule has 0 saturated heterocycles. The lowest BCUT2D eigenvalue weighted by atomic mass is 10.1. The van der Waals surface area contributed by atoms with Crippen LogP contribution in [-0.2, 0) is 10.9 Å². The molecule has 0 saturated carbocycles. The third-order valence-electron chi connectivity index (χ3n) is 2.44. The van der Waals surface area contributed by atoms with Gasteiger partial charge >= 0.3 is 12.3 Å². The summed E-state index contributed by atoms with van der Waals surface area (Å²) in [7, 11) is 0. The van der Waals surface area contributed by atoms with Crippen LogP contribution in [0.4, 0.5) is 33.7 Å². The number of benzene rings is 1. The van der Waals surface area contributed by atoms with Gasteiger partial charge in [-0.15, -0.1) is 0 Å². The highest BCUT2D eigenvalue weighted by Gasteiger charge is 2.37. The lowest BCUT2D eigenvalue weighted by Gasteiger charge is -2.30. The Bertz CT molecular complexity index is 680. The van der Waals surface area contributed by atoms with Crippen molar-refractivity contribution in [2.45, 2.75) is 58.9 Å². The number of halogens is 4. The number of alkyl halides is 3. The van der Waals surface area contributed by atoms with E-state index in [1.807, 2.05) is 0 Å². The fourth-order valence-corrected chi connectivity index (χ4v) is 2.06. The number of anilines is 1. The molecule has 0 spiro atoms. The lowest BCUT2D eigenvalue weighted by molar-refractivity contribution is -0.384. The number of carbonyl (C=O) groups is 1. The van der Waals surface area contributed by atoms with Crippen molar-refractivity contribution in [3.8, 4) is 0 Å². The van der Waals surface area contributed by atoms with Crippen LogP contribution in [0.15, 0.2) is 12.1 Å². The molecule has 7 nitrogen and oxygen atoms in total. The Morgan fingerprint density at radius 2 is 1.56 bits per heavy atom. The summed E-state index contributed by atoms with van der Waals surface area (Å²) in [6.07, 6.45) is -6.88. The molecule has 0 heterocycles. The first-order chi connectivity index (χ1) is 11.8. The molecule has 0 bridgehead atoms. The smallest absolute Gasteiger partial charge is 0.419 e. The Morgan fingerprint density at radius 1 is 1.11 bits per heavy atom. The van der Waals surface area contributed by atoms with Gasteiger partial charge in [-0.2, -0.15) is 13.2 Å². The summed E-state index contributed by atoms with van der Waals surface area (Å²) in [6.45, 7) is 12.4. The van der Waals surface area contributed by atoms with E-state index in [1.165, 1.54) is 5.32 Å². The first kappa shape index (κ1) is 24.6. The van der Waals surface area contributed by atoms with E-state index in [9.17, 15) is 32.5 Å². The van der Waals surface area contributed by atoms with Crippen LogP contribution < -0.4 is 5.32 Å². The van der Waals surface area contributed by atoms with Crippen molar-refractivity contribution < 1.29 is 37.1 Å². The van der Waals surface area contributed by atoms with Gasteiger partial charge in [-0.1, -0.05) is 0 Å². The summed E-state index contributed by atoms with van der Waals surface area (Å²) in [4.78, 5) is 19.5. The highest BCUT2D eigenvalue weighted by Crippen LogP contribution is 2.37. The second kappa shape index (κ2) is 8.51. The van der Waals surface area contributed by atoms with Crippen LogP contribution in [0.3, 0.4) is 0 Å². The number of amides is 1. The molecule has 0 atom stereocenters. The molecule has 0 aromatic heterocycles. The number of carboxylic acid groups (broad SMARTS) is 1. The molecule has 0 fully saturated rings. The maximum atomic E-state index is 13.1. The van der Waals surface area contributed by atoms with Crippen LogP contribution in [0.5, 0.6) is 0 Å². The molecule has 154 valence electrons. The van der Waals surface area contributed by atoms with Crippen LogP contribution >= 0.6 is 0 Å². The number of nitro groups is 1. The molecule has 2 N–H and O–H groups in total. The van der Waals surface area contributed by atoms with Crippen LogP contribution in [-0.4, -0.2) is 27.3 Å². The SMILES string of the molecule is CC(C)(C)OC(C)(C)C.O=C(O)Nc1cc(F)c(C(F)(F)F)cc1[N+](=O)[O-]. The van der Waals surface area contributed by atoms with Crippen molar-refractivity contribution >= 4 is 17.5 Å². The molecular formula is C16H22F4N2O5. The Balaban J connectivity index is 0.000000636. The molecule has 11 heteroatoms. The van der Waals surface area contributed by atoms with E-state index in [1.54, 1.807) is 0 Å². The molecule has 0 aliphatic heterocycles. The topological polar surface area (TPSA) is 102 Å². The van der Waals surface area contributed by atoms with Gasteiger partial charge in [0.05, 0.1) is 21.7 Å². The average molecular weight is 398 g/mol. The van der Waals surface area contributed by atoms with E-state index in [4.69, 9.17) is 9.84 Å². The highest BCUT2D eigenvalue weighted by atomic mass is 19.4. The van der Waals surface area contributed by atoms with Gasteiger partial charge in [-0.25, -0.2) is 9.18 Å². The monoisotopic (exact) mass is 398 g/mol. The standard InChI is InChI=1S/C8H4F4N2O4.C8H18O/c9-4-2-5(13-7(15)16)6(14(17)18)1-3(4)8(10,11)12;1-7(2,3)9-8(4,5)6/h1-2,13H,(H,15,16);1-6H3. The van der Waals surface area contributed by atoms with Gasteiger partial charge in [0.25, 0.3) is 5.69 Å². The molecular weight excluding hydrogens is 376 g/mol. The van der Waals surface area contributed by atoms with E-state index in [0.717, 1.165) is 0 Å². The number of rotatable bonds is 2. The zero-order chi connectivity index (χ0) is 21.8. The van der Waals surface area contributed by atoms with Gasteiger partial charge in [-0.05, 0) is 41.5 Å². The second-order valence-corrected chi connectivity index (χ2v) is 7.36. The van der Waals surface area contributed by atoms with Crippen molar-refractivity contribution in [1.82, 2.24) is 0 Å². The number of nitro benzene ring substituents is 1. The van der Waals surface area contributed by atoms with Crippen molar-refractivity contribution in [3.05, 3.63) is 33.6 Å². The van der Waals surface area contributed by atoms with Crippen molar-refractivity contribution in [2.75, 3.05) is 5.32 Å². The fraction of sp³-hybridized carbons (Fsp3) is 0.562. The third-order valence-corrected chi connectivity index (χ3v) is 2.44. The fourth-order valence-electron chi connectivity index (χ4n) is 2.06. The summed E-state index contributed by atoms with van der Waals surface area (Å²) in [5.74, 6) is -1.81. The van der Waals surface area contributed by atoms with E-state index in [-0.39, 0.29) is 23.3 Å². The number of ether oxygens (including phenoxy) is 1. The van der Waals surface area contributed by atoms with Crippen LogP contribution in [0.1, 0.15) is 47.1 Å². The first-order valence-electron chi connectivity index (χ1n) is 7.59. The summed E-state index contributed by atoms with van der Waals surface area (Å²) >= 11 is 0. The number of nitrogens with one attached hydrogen (secondary N) is 1. The van der Waals surface area contributed by atoms with E-state index >= 15 is 0 Å². The minimum atomic E-state index is -5.11. The quantitative estimate of drug-likeness (QED) is 0.392. The molecule has 0 aliphatic carbocycles. The first-order valence-corrected chi connectivity index (χ1v) is 7.59. The minimum absolute atomic E-state index is 0.0156. The zero-order valence-electron chi connectivity index (χ0n) is 15.7. The zero-order valence-corrected chi connectivity index (χ0v) is 15.7. The molecule has 0 radical (unpaired) electrons. The van der Waals surface area contributed by atoms with Gasteiger partial charge in [0.15, 0.2) is 0 Å². The van der Waals surface area contributed by atoms with Gasteiger partial charge in [0, 0.05) is 12.1 Å².